The van der Waals surface area contributed by atoms with E-state index in [-0.39, 0.29) is 22.8 Å². The largest absolute Gasteiger partial charge is 0.476 e. The summed E-state index contributed by atoms with van der Waals surface area (Å²) in [6.45, 7) is 6.79. The van der Waals surface area contributed by atoms with Crippen molar-refractivity contribution in [1.82, 2.24) is 19.9 Å². The second-order valence-corrected chi connectivity index (χ2v) is 14.3. The van der Waals surface area contributed by atoms with Crippen molar-refractivity contribution in [3.05, 3.63) is 42.0 Å². The Balaban J connectivity index is 1.35. The number of nitrogens with zero attached hydrogens (tertiary/aromatic N) is 5. The second kappa shape index (κ2) is 12.0. The fourth-order valence-electron chi connectivity index (χ4n) is 4.40. The van der Waals surface area contributed by atoms with E-state index in [1.807, 2.05) is 25.2 Å². The Morgan fingerprint density at radius 3 is 2.56 bits per heavy atom. The van der Waals surface area contributed by atoms with E-state index in [1.165, 1.54) is 23.5 Å². The zero-order valence-electron chi connectivity index (χ0n) is 23.8. The number of carbonyl (C=O) groups excluding carboxylic acids is 1. The molecule has 0 bridgehead atoms. The van der Waals surface area contributed by atoms with Gasteiger partial charge in [0, 0.05) is 36.9 Å². The topological polar surface area (TPSA) is 126 Å². The van der Waals surface area contributed by atoms with E-state index in [4.69, 9.17) is 9.47 Å². The van der Waals surface area contributed by atoms with Gasteiger partial charge in [-0.05, 0) is 65.4 Å². The first-order chi connectivity index (χ1) is 19.5. The van der Waals surface area contributed by atoms with Gasteiger partial charge in [0.1, 0.15) is 17.0 Å². The van der Waals surface area contributed by atoms with Crippen LogP contribution in [0.15, 0.2) is 46.4 Å². The SMILES string of the molecule is CN(C)C(C)(C)COc1ccc2nc(NC(=O)/C(=N/N3CCCC3)c3ccc(S(=O)(=O)[C@H]4CCOC4)cc3)sc2n1. The highest BCUT2D eigenvalue weighted by Gasteiger charge is 2.31. The molecule has 3 aromatic rings. The Labute approximate surface area is 244 Å². The van der Waals surface area contributed by atoms with Crippen LogP contribution in [0.3, 0.4) is 0 Å². The van der Waals surface area contributed by atoms with Crippen molar-refractivity contribution < 1.29 is 22.7 Å². The summed E-state index contributed by atoms with van der Waals surface area (Å²) < 4.78 is 37.2. The first kappa shape index (κ1) is 29.4. The first-order valence-corrected chi connectivity index (χ1v) is 16.0. The molecule has 1 atom stereocenters. The third kappa shape index (κ3) is 6.69. The highest BCUT2D eigenvalue weighted by molar-refractivity contribution is 7.92. The highest BCUT2D eigenvalue weighted by atomic mass is 32.2. The summed E-state index contributed by atoms with van der Waals surface area (Å²) in [5, 5.41) is 9.23. The number of rotatable bonds is 10. The van der Waals surface area contributed by atoms with Gasteiger partial charge >= 0.3 is 0 Å². The van der Waals surface area contributed by atoms with Gasteiger partial charge in [-0.15, -0.1) is 0 Å². The number of amides is 1. The third-order valence-corrected chi connectivity index (χ3v) is 10.6. The fourth-order valence-corrected chi connectivity index (χ4v) is 6.81. The first-order valence-electron chi connectivity index (χ1n) is 13.7. The predicted molar refractivity (Wildman–Crippen MR) is 160 cm³/mol. The van der Waals surface area contributed by atoms with Gasteiger partial charge in [0.05, 0.1) is 16.8 Å². The van der Waals surface area contributed by atoms with Crippen molar-refractivity contribution >= 4 is 48.3 Å². The van der Waals surface area contributed by atoms with Crippen LogP contribution in [-0.4, -0.2) is 97.7 Å². The molecule has 1 N–H and O–H groups in total. The number of sulfone groups is 1. The number of nitrogens with one attached hydrogen (secondary N) is 1. The lowest BCUT2D eigenvalue weighted by molar-refractivity contribution is -0.110. The van der Waals surface area contributed by atoms with Gasteiger partial charge in [0.25, 0.3) is 5.91 Å². The zero-order valence-corrected chi connectivity index (χ0v) is 25.4. The Morgan fingerprint density at radius 1 is 1.17 bits per heavy atom. The lowest BCUT2D eigenvalue weighted by Crippen LogP contribution is -2.43. The number of ether oxygens (including phenoxy) is 2. The van der Waals surface area contributed by atoms with Crippen LogP contribution in [0.4, 0.5) is 5.13 Å². The van der Waals surface area contributed by atoms with Gasteiger partial charge in [-0.25, -0.2) is 18.4 Å². The number of carbonyl (C=O) groups is 1. The molecule has 1 amide bonds. The molecule has 0 unspecified atom stereocenters. The standard InChI is InChI=1S/C28H36N6O5S2/c1-28(2,33(3)4)18-39-23-12-11-22-26(30-23)40-27(29-22)31-25(35)24(32-34-14-5-6-15-34)19-7-9-20(10-8-19)41(36,37)21-13-16-38-17-21/h7-12,21H,5-6,13-18H2,1-4H3,(H,29,31,35)/b32-24+/t21-/m0/s1. The van der Waals surface area contributed by atoms with Crippen LogP contribution < -0.4 is 10.1 Å². The van der Waals surface area contributed by atoms with Gasteiger partial charge in [-0.3, -0.25) is 15.1 Å². The smallest absolute Gasteiger partial charge is 0.278 e. The minimum atomic E-state index is -3.51. The van der Waals surface area contributed by atoms with Crippen LogP contribution in [0.5, 0.6) is 5.88 Å². The van der Waals surface area contributed by atoms with Gasteiger partial charge in [-0.2, -0.15) is 5.10 Å². The van der Waals surface area contributed by atoms with Gasteiger partial charge in [0.2, 0.25) is 5.88 Å². The summed E-state index contributed by atoms with van der Waals surface area (Å²) in [7, 11) is 0.492. The molecular weight excluding hydrogens is 564 g/mol. The minimum Gasteiger partial charge on any atom is -0.476 e. The van der Waals surface area contributed by atoms with E-state index in [0.717, 1.165) is 25.9 Å². The number of likely N-dealkylation sites (N-methyl/N-ethyl adjacent to an activating group) is 1. The van der Waals surface area contributed by atoms with Gasteiger partial charge in [-0.1, -0.05) is 23.5 Å². The number of anilines is 1. The van der Waals surface area contributed by atoms with E-state index in [9.17, 15) is 13.2 Å². The predicted octanol–water partition coefficient (Wildman–Crippen LogP) is 3.41. The second-order valence-electron chi connectivity index (χ2n) is 11.1. The molecule has 2 aliphatic heterocycles. The van der Waals surface area contributed by atoms with Crippen LogP contribution in [-0.2, 0) is 19.4 Å². The van der Waals surface area contributed by atoms with E-state index in [2.05, 4.69) is 39.1 Å². The lowest BCUT2D eigenvalue weighted by Gasteiger charge is -2.31. The van der Waals surface area contributed by atoms with E-state index < -0.39 is 21.0 Å². The number of hydrogen-bond donors (Lipinski definition) is 1. The zero-order chi connectivity index (χ0) is 29.2. The van der Waals surface area contributed by atoms with Gasteiger partial charge < -0.3 is 14.4 Å². The van der Waals surface area contributed by atoms with Crippen LogP contribution in [0.2, 0.25) is 0 Å². The summed E-state index contributed by atoms with van der Waals surface area (Å²) in [6, 6.07) is 9.94. The maximum absolute atomic E-state index is 13.5. The number of benzene rings is 1. The molecule has 220 valence electrons. The number of aromatic nitrogens is 2. The highest BCUT2D eigenvalue weighted by Crippen LogP contribution is 2.28. The van der Waals surface area contributed by atoms with Crippen LogP contribution in [0.1, 0.15) is 38.7 Å². The van der Waals surface area contributed by atoms with E-state index >= 15 is 0 Å². The molecule has 0 spiro atoms. The fraction of sp³-hybridized carbons (Fsp3) is 0.500. The quantitative estimate of drug-likeness (QED) is 0.349. The molecule has 11 nitrogen and oxygen atoms in total. The maximum atomic E-state index is 13.5. The number of thiazole rings is 1. The number of pyridine rings is 1. The van der Waals surface area contributed by atoms with E-state index in [0.29, 0.717) is 46.6 Å². The lowest BCUT2D eigenvalue weighted by atomic mass is 10.1. The molecule has 0 saturated carbocycles. The summed E-state index contributed by atoms with van der Waals surface area (Å²) >= 11 is 1.25. The minimum absolute atomic E-state index is 0.165. The van der Waals surface area contributed by atoms with Crippen molar-refractivity contribution in [2.45, 2.75) is 48.8 Å². The molecule has 13 heteroatoms. The molecule has 2 aliphatic rings. The number of hydrazone groups is 1. The molecule has 0 aliphatic carbocycles. The van der Waals surface area contributed by atoms with Crippen LogP contribution >= 0.6 is 11.3 Å². The molecular formula is C28H36N6O5S2. The molecule has 1 aromatic carbocycles. The van der Waals surface area contributed by atoms with Crippen LogP contribution in [0, 0.1) is 0 Å². The third-order valence-electron chi connectivity index (χ3n) is 7.56. The van der Waals surface area contributed by atoms with Crippen molar-refractivity contribution in [2.75, 3.05) is 52.3 Å². The summed E-state index contributed by atoms with van der Waals surface area (Å²) in [6.07, 6.45) is 2.48. The summed E-state index contributed by atoms with van der Waals surface area (Å²) in [5.74, 6) is 0.0596. The summed E-state index contributed by atoms with van der Waals surface area (Å²) in [4.78, 5) is 25.6. The normalized spacial score (nSPS) is 18.4. The molecule has 0 radical (unpaired) electrons. The monoisotopic (exact) mass is 600 g/mol. The van der Waals surface area contributed by atoms with Crippen molar-refractivity contribution in [3.63, 3.8) is 0 Å². The molecule has 2 saturated heterocycles. The average Bonchev–Trinajstić information content (AvgIpc) is 3.72. The summed E-state index contributed by atoms with van der Waals surface area (Å²) in [5.41, 5.74) is 1.20. The van der Waals surface area contributed by atoms with Crippen molar-refractivity contribution in [2.24, 2.45) is 5.10 Å². The van der Waals surface area contributed by atoms with Crippen LogP contribution in [0.25, 0.3) is 10.3 Å². The Hall–Kier alpha value is -3.13. The maximum Gasteiger partial charge on any atom is 0.278 e. The Kier molecular flexibility index (Phi) is 8.60. The van der Waals surface area contributed by atoms with Gasteiger partial charge in [0.15, 0.2) is 20.7 Å². The Morgan fingerprint density at radius 2 is 1.90 bits per heavy atom. The Bertz CT molecular complexity index is 1520. The molecule has 4 heterocycles. The molecule has 2 fully saturated rings. The average molecular weight is 601 g/mol. The molecule has 41 heavy (non-hydrogen) atoms. The molecule has 5 rings (SSSR count). The van der Waals surface area contributed by atoms with Crippen molar-refractivity contribution in [3.8, 4) is 5.88 Å². The number of hydrogen-bond acceptors (Lipinski definition) is 11. The number of fused-ring (bicyclic) bond motifs is 1. The van der Waals surface area contributed by atoms with Crippen molar-refractivity contribution in [1.29, 1.82) is 0 Å². The molecule has 2 aromatic heterocycles. The van der Waals surface area contributed by atoms with E-state index in [1.54, 1.807) is 18.2 Å².